The van der Waals surface area contributed by atoms with Crippen LogP contribution in [0.1, 0.15) is 28.4 Å². The number of aryl methyl sites for hydroxylation is 3. The van der Waals surface area contributed by atoms with Gasteiger partial charge in [0.05, 0.1) is 17.3 Å². The van der Waals surface area contributed by atoms with E-state index in [-0.39, 0.29) is 12.5 Å². The van der Waals surface area contributed by atoms with Gasteiger partial charge in [0.25, 0.3) is 5.91 Å². The lowest BCUT2D eigenvalue weighted by Gasteiger charge is -2.08. The highest BCUT2D eigenvalue weighted by molar-refractivity contribution is 6.34. The van der Waals surface area contributed by atoms with Crippen molar-refractivity contribution < 1.29 is 9.53 Å². The third-order valence-corrected chi connectivity index (χ3v) is 3.67. The number of halogens is 1. The van der Waals surface area contributed by atoms with E-state index in [0.717, 1.165) is 13.0 Å². The molecule has 120 valence electrons. The Morgan fingerprint density at radius 2 is 2.27 bits per heavy atom. The van der Waals surface area contributed by atoms with E-state index in [1.165, 1.54) is 4.68 Å². The summed E-state index contributed by atoms with van der Waals surface area (Å²) in [4.78, 5) is 12.2. The summed E-state index contributed by atoms with van der Waals surface area (Å²) in [5, 5.41) is 15.2. The Morgan fingerprint density at radius 1 is 1.50 bits per heavy atom. The van der Waals surface area contributed by atoms with Gasteiger partial charge in [-0.15, -0.1) is 10.2 Å². The highest BCUT2D eigenvalue weighted by Crippen LogP contribution is 2.19. The van der Waals surface area contributed by atoms with E-state index in [2.05, 4.69) is 20.6 Å². The van der Waals surface area contributed by atoms with Crippen LogP contribution in [0.3, 0.4) is 0 Å². The molecule has 2 aromatic heterocycles. The molecule has 0 atom stereocenters. The maximum absolute atomic E-state index is 12.2. The topological polar surface area (TPSA) is 86.9 Å². The highest BCUT2D eigenvalue weighted by Gasteiger charge is 2.19. The number of hydrogen-bond donors (Lipinski definition) is 1. The molecule has 0 saturated carbocycles. The van der Waals surface area contributed by atoms with Crippen molar-refractivity contribution in [2.45, 2.75) is 26.4 Å². The summed E-state index contributed by atoms with van der Waals surface area (Å²) in [6.07, 6.45) is 2.49. The second kappa shape index (κ2) is 7.37. The Morgan fingerprint density at radius 3 is 2.91 bits per heavy atom. The summed E-state index contributed by atoms with van der Waals surface area (Å²) in [6, 6.07) is 0. The van der Waals surface area contributed by atoms with Gasteiger partial charge >= 0.3 is 0 Å². The molecule has 0 radical (unpaired) electrons. The minimum atomic E-state index is -0.292. The van der Waals surface area contributed by atoms with Gasteiger partial charge in [-0.25, -0.2) is 0 Å². The van der Waals surface area contributed by atoms with Gasteiger partial charge < -0.3 is 14.6 Å². The number of nitrogens with one attached hydrogen (secondary N) is 1. The molecule has 1 amide bonds. The first-order chi connectivity index (χ1) is 10.5. The van der Waals surface area contributed by atoms with Crippen LogP contribution in [0.25, 0.3) is 0 Å². The quantitative estimate of drug-likeness (QED) is 0.765. The van der Waals surface area contributed by atoms with Crippen molar-refractivity contribution in [1.82, 2.24) is 29.9 Å². The Balaban J connectivity index is 1.98. The molecule has 0 unspecified atom stereocenters. The molecule has 2 aromatic rings. The van der Waals surface area contributed by atoms with Gasteiger partial charge in [-0.05, 0) is 13.3 Å². The second-order valence-electron chi connectivity index (χ2n) is 4.84. The molecule has 0 spiro atoms. The van der Waals surface area contributed by atoms with Crippen LogP contribution in [0.4, 0.5) is 0 Å². The van der Waals surface area contributed by atoms with Gasteiger partial charge in [0.15, 0.2) is 5.82 Å². The van der Waals surface area contributed by atoms with E-state index in [9.17, 15) is 4.79 Å². The lowest BCUT2D eigenvalue weighted by atomic mass is 10.3. The van der Waals surface area contributed by atoms with Gasteiger partial charge in [0.2, 0.25) is 0 Å². The van der Waals surface area contributed by atoms with Crippen LogP contribution in [0.2, 0.25) is 5.02 Å². The van der Waals surface area contributed by atoms with Crippen LogP contribution >= 0.6 is 11.6 Å². The smallest absolute Gasteiger partial charge is 0.271 e. The zero-order valence-electron chi connectivity index (χ0n) is 12.8. The number of carbonyl (C=O) groups excluding carboxylic acids is 1. The average molecular weight is 327 g/mol. The minimum Gasteiger partial charge on any atom is -0.385 e. The molecule has 1 N–H and O–H groups in total. The van der Waals surface area contributed by atoms with Crippen molar-refractivity contribution in [2.24, 2.45) is 7.05 Å². The molecule has 8 nitrogen and oxygen atoms in total. The van der Waals surface area contributed by atoms with E-state index in [1.54, 1.807) is 27.4 Å². The number of aromatic nitrogens is 5. The number of methoxy groups -OCH3 is 1. The molecule has 22 heavy (non-hydrogen) atoms. The number of amides is 1. The third kappa shape index (κ3) is 3.63. The van der Waals surface area contributed by atoms with Crippen LogP contribution in [0.15, 0.2) is 6.33 Å². The molecule has 0 aliphatic carbocycles. The zero-order chi connectivity index (χ0) is 16.1. The first kappa shape index (κ1) is 16.4. The van der Waals surface area contributed by atoms with E-state index in [0.29, 0.717) is 28.8 Å². The first-order valence-electron chi connectivity index (χ1n) is 6.87. The van der Waals surface area contributed by atoms with Gasteiger partial charge in [0, 0.05) is 27.3 Å². The number of ether oxygens (including phenoxy) is 1. The van der Waals surface area contributed by atoms with E-state index < -0.39 is 0 Å². The Kier molecular flexibility index (Phi) is 5.51. The molecule has 9 heteroatoms. The van der Waals surface area contributed by atoms with Crippen LogP contribution in [-0.2, 0) is 24.9 Å². The van der Waals surface area contributed by atoms with Crippen molar-refractivity contribution in [1.29, 1.82) is 0 Å². The fourth-order valence-electron chi connectivity index (χ4n) is 2.10. The van der Waals surface area contributed by atoms with Crippen molar-refractivity contribution in [2.75, 3.05) is 13.7 Å². The fraction of sp³-hybridized carbons (Fsp3) is 0.538. The lowest BCUT2D eigenvalue weighted by molar-refractivity contribution is 0.0940. The molecule has 2 heterocycles. The molecule has 0 bridgehead atoms. The number of nitrogens with zero attached hydrogens (tertiary/aromatic N) is 5. The van der Waals surface area contributed by atoms with Gasteiger partial charge in [0.1, 0.15) is 12.0 Å². The van der Waals surface area contributed by atoms with Crippen LogP contribution in [0, 0.1) is 6.92 Å². The second-order valence-corrected chi connectivity index (χ2v) is 5.22. The molecule has 0 fully saturated rings. The predicted molar refractivity (Wildman–Crippen MR) is 80.6 cm³/mol. The van der Waals surface area contributed by atoms with E-state index >= 15 is 0 Å². The van der Waals surface area contributed by atoms with Crippen molar-refractivity contribution in [3.8, 4) is 0 Å². The molecule has 0 saturated heterocycles. The zero-order valence-corrected chi connectivity index (χ0v) is 13.6. The Labute approximate surface area is 133 Å². The maximum atomic E-state index is 12.2. The van der Waals surface area contributed by atoms with Gasteiger partial charge in [-0.2, -0.15) is 5.10 Å². The van der Waals surface area contributed by atoms with Crippen molar-refractivity contribution in [3.05, 3.63) is 28.6 Å². The van der Waals surface area contributed by atoms with Crippen molar-refractivity contribution >= 4 is 17.5 Å². The Bertz CT molecular complexity index is 651. The standard InChI is InChI=1S/C13H19ClN6O2/c1-9-11(14)12(19(2)18-9)13(21)15-7-10-17-16-8-20(10)5-4-6-22-3/h8H,4-7H2,1-3H3,(H,15,21). The average Bonchev–Trinajstić information content (AvgIpc) is 3.02. The number of carbonyl (C=O) groups is 1. The van der Waals surface area contributed by atoms with E-state index in [4.69, 9.17) is 16.3 Å². The van der Waals surface area contributed by atoms with Crippen LogP contribution in [0.5, 0.6) is 0 Å². The summed E-state index contributed by atoms with van der Waals surface area (Å²) in [5.41, 5.74) is 0.960. The summed E-state index contributed by atoms with van der Waals surface area (Å²) in [6.45, 7) is 3.42. The SMILES string of the molecule is COCCCn1cnnc1CNC(=O)c1c(Cl)c(C)nn1C. The fourth-order valence-corrected chi connectivity index (χ4v) is 2.35. The Hall–Kier alpha value is -1.93. The highest BCUT2D eigenvalue weighted by atomic mass is 35.5. The first-order valence-corrected chi connectivity index (χ1v) is 7.25. The molecule has 2 rings (SSSR count). The maximum Gasteiger partial charge on any atom is 0.271 e. The van der Waals surface area contributed by atoms with Gasteiger partial charge in [-0.3, -0.25) is 9.48 Å². The van der Waals surface area contributed by atoms with Gasteiger partial charge in [-0.1, -0.05) is 11.6 Å². The minimum absolute atomic E-state index is 0.270. The normalized spacial score (nSPS) is 10.9. The number of rotatable bonds is 7. The molecule has 0 aliphatic rings. The van der Waals surface area contributed by atoms with E-state index in [1.807, 2.05) is 4.57 Å². The van der Waals surface area contributed by atoms with Crippen LogP contribution < -0.4 is 5.32 Å². The molecule has 0 aromatic carbocycles. The summed E-state index contributed by atoms with van der Waals surface area (Å²) in [5.74, 6) is 0.388. The number of hydrogen-bond acceptors (Lipinski definition) is 5. The summed E-state index contributed by atoms with van der Waals surface area (Å²) in [7, 11) is 3.34. The third-order valence-electron chi connectivity index (χ3n) is 3.21. The molecule has 0 aliphatic heterocycles. The largest absolute Gasteiger partial charge is 0.385 e. The van der Waals surface area contributed by atoms with Crippen LogP contribution in [-0.4, -0.2) is 44.2 Å². The lowest BCUT2D eigenvalue weighted by Crippen LogP contribution is -2.27. The summed E-state index contributed by atoms with van der Waals surface area (Å²) < 4.78 is 8.37. The molecular formula is C13H19ClN6O2. The summed E-state index contributed by atoms with van der Waals surface area (Å²) >= 11 is 6.09. The predicted octanol–water partition coefficient (Wildman–Crippen LogP) is 0.940. The monoisotopic (exact) mass is 326 g/mol. The van der Waals surface area contributed by atoms with Crippen molar-refractivity contribution in [3.63, 3.8) is 0 Å². The molecular weight excluding hydrogens is 308 g/mol.